The zero-order chi connectivity index (χ0) is 18.8. The topological polar surface area (TPSA) is 46.8 Å². The Bertz CT molecular complexity index is 802. The maximum atomic E-state index is 13.2. The number of nitrogens with zero attached hydrogens (tertiary/aromatic N) is 2. The first-order chi connectivity index (χ1) is 12.4. The van der Waals surface area contributed by atoms with Gasteiger partial charge >= 0.3 is 0 Å². The fourth-order valence-corrected chi connectivity index (χ4v) is 3.95. The van der Waals surface area contributed by atoms with Crippen molar-refractivity contribution in [1.82, 2.24) is 9.47 Å². The minimum atomic E-state index is -0.103. The molecule has 1 atom stereocenters. The van der Waals surface area contributed by atoms with Gasteiger partial charge in [-0.1, -0.05) is 18.2 Å². The van der Waals surface area contributed by atoms with Crippen molar-refractivity contribution >= 4 is 11.7 Å². The highest BCUT2D eigenvalue weighted by molar-refractivity contribution is 6.00. The molecule has 5 heteroatoms. The van der Waals surface area contributed by atoms with Crippen molar-refractivity contribution in [3.8, 4) is 5.69 Å². The summed E-state index contributed by atoms with van der Waals surface area (Å²) in [5.41, 5.74) is 3.95. The SMILES string of the molecule is CC(=O)N1CC[NH+]([C@@H](C)C(=O)c2cc(C)n(-c3ccccc3)c2C)CC1. The summed E-state index contributed by atoms with van der Waals surface area (Å²) >= 11 is 0. The molecule has 1 aliphatic heterocycles. The van der Waals surface area contributed by atoms with Gasteiger partial charge in [-0.3, -0.25) is 9.59 Å². The first-order valence-electron chi connectivity index (χ1n) is 9.28. The predicted octanol–water partition coefficient (Wildman–Crippen LogP) is 1.41. The van der Waals surface area contributed by atoms with E-state index in [1.54, 1.807) is 6.92 Å². The van der Waals surface area contributed by atoms with Crippen molar-refractivity contribution in [1.29, 1.82) is 0 Å². The third-order valence-electron chi connectivity index (χ3n) is 5.57. The number of quaternary nitrogens is 1. The molecule has 1 N–H and O–H groups in total. The van der Waals surface area contributed by atoms with Gasteiger partial charge in [-0.2, -0.15) is 0 Å². The molecular weight excluding hydrogens is 326 g/mol. The minimum absolute atomic E-state index is 0.103. The largest absolute Gasteiger partial charge is 0.332 e. The van der Waals surface area contributed by atoms with E-state index in [4.69, 9.17) is 0 Å². The molecule has 0 unspecified atom stereocenters. The Kier molecular flexibility index (Phi) is 5.28. The van der Waals surface area contributed by atoms with Crippen LogP contribution in [0.1, 0.15) is 35.6 Å². The van der Waals surface area contributed by atoms with E-state index in [-0.39, 0.29) is 17.7 Å². The molecule has 1 aromatic heterocycles. The summed E-state index contributed by atoms with van der Waals surface area (Å²) in [6.45, 7) is 10.8. The van der Waals surface area contributed by atoms with Crippen LogP contribution in [0, 0.1) is 13.8 Å². The van der Waals surface area contributed by atoms with Crippen molar-refractivity contribution < 1.29 is 14.5 Å². The van der Waals surface area contributed by atoms with Gasteiger partial charge in [0.1, 0.15) is 6.04 Å². The predicted molar refractivity (Wildman–Crippen MR) is 102 cm³/mol. The van der Waals surface area contributed by atoms with Crippen LogP contribution in [0.2, 0.25) is 0 Å². The van der Waals surface area contributed by atoms with E-state index in [2.05, 4.69) is 16.7 Å². The molecule has 1 aromatic carbocycles. The first kappa shape index (κ1) is 18.4. The molecule has 26 heavy (non-hydrogen) atoms. The third kappa shape index (κ3) is 3.44. The molecule has 1 amide bonds. The number of amides is 1. The number of ketones is 1. The molecule has 0 radical (unpaired) electrons. The summed E-state index contributed by atoms with van der Waals surface area (Å²) < 4.78 is 2.14. The summed E-state index contributed by atoms with van der Waals surface area (Å²) in [6.07, 6.45) is 0. The molecule has 0 spiro atoms. The molecule has 0 bridgehead atoms. The Morgan fingerprint density at radius 2 is 1.69 bits per heavy atom. The van der Waals surface area contributed by atoms with Gasteiger partial charge in [0, 0.05) is 29.6 Å². The Hall–Kier alpha value is -2.40. The van der Waals surface area contributed by atoms with Gasteiger partial charge in [-0.25, -0.2) is 0 Å². The highest BCUT2D eigenvalue weighted by Gasteiger charge is 2.32. The maximum absolute atomic E-state index is 13.2. The smallest absolute Gasteiger partial charge is 0.221 e. The van der Waals surface area contributed by atoms with Crippen LogP contribution in [0.15, 0.2) is 36.4 Å². The van der Waals surface area contributed by atoms with Crippen LogP contribution in [-0.4, -0.2) is 53.4 Å². The number of carbonyl (C=O) groups excluding carboxylic acids is 2. The Morgan fingerprint density at radius 3 is 2.27 bits per heavy atom. The Labute approximate surface area is 155 Å². The van der Waals surface area contributed by atoms with E-state index in [0.29, 0.717) is 0 Å². The normalized spacial score (nSPS) is 16.5. The maximum Gasteiger partial charge on any atom is 0.221 e. The number of aromatic nitrogens is 1. The lowest BCUT2D eigenvalue weighted by Crippen LogP contribution is -3.18. The molecule has 2 aromatic rings. The van der Waals surface area contributed by atoms with Gasteiger partial charge in [0.05, 0.1) is 26.2 Å². The summed E-state index contributed by atoms with van der Waals surface area (Å²) in [6, 6.07) is 12.0. The summed E-state index contributed by atoms with van der Waals surface area (Å²) in [5.74, 6) is 0.306. The van der Waals surface area contributed by atoms with Gasteiger partial charge in [0.2, 0.25) is 11.7 Å². The second-order valence-electron chi connectivity index (χ2n) is 7.21. The second-order valence-corrected chi connectivity index (χ2v) is 7.21. The van der Waals surface area contributed by atoms with Crippen LogP contribution in [0.4, 0.5) is 0 Å². The van der Waals surface area contributed by atoms with Crippen molar-refractivity contribution in [3.63, 3.8) is 0 Å². The van der Waals surface area contributed by atoms with Crippen LogP contribution in [0.25, 0.3) is 5.69 Å². The van der Waals surface area contributed by atoms with Gasteiger partial charge in [-0.15, -0.1) is 0 Å². The van der Waals surface area contributed by atoms with E-state index < -0.39 is 0 Å². The fraction of sp³-hybridized carbons (Fsp3) is 0.429. The lowest BCUT2D eigenvalue weighted by atomic mass is 10.0. The van der Waals surface area contributed by atoms with E-state index >= 15 is 0 Å². The van der Waals surface area contributed by atoms with Crippen molar-refractivity contribution in [2.45, 2.75) is 33.7 Å². The molecule has 3 rings (SSSR count). The lowest BCUT2D eigenvalue weighted by molar-refractivity contribution is -0.917. The standard InChI is InChI=1S/C21H27N3O2/c1-15-14-20(16(2)24(15)19-8-6-5-7-9-19)21(26)17(3)22-10-12-23(13-11-22)18(4)25/h5-9,14,17H,10-13H2,1-4H3/p+1/t17-/m0/s1. The summed E-state index contributed by atoms with van der Waals surface area (Å²) in [5, 5.41) is 0. The number of para-hydroxylation sites is 1. The van der Waals surface area contributed by atoms with Gasteiger partial charge in [0.25, 0.3) is 0 Å². The molecule has 138 valence electrons. The van der Waals surface area contributed by atoms with Crippen LogP contribution in [0.3, 0.4) is 0 Å². The number of hydrogen-bond acceptors (Lipinski definition) is 2. The lowest BCUT2D eigenvalue weighted by Gasteiger charge is -2.34. The number of Topliss-reactive ketones (excluding diaryl/α,β-unsaturated/α-hetero) is 1. The number of rotatable bonds is 4. The molecule has 1 aliphatic rings. The minimum Gasteiger partial charge on any atom is -0.332 e. The quantitative estimate of drug-likeness (QED) is 0.844. The Balaban J connectivity index is 1.79. The number of aryl methyl sites for hydroxylation is 1. The van der Waals surface area contributed by atoms with Crippen molar-refractivity contribution in [3.05, 3.63) is 53.3 Å². The third-order valence-corrected chi connectivity index (χ3v) is 5.57. The molecule has 2 heterocycles. The molecule has 5 nitrogen and oxygen atoms in total. The average Bonchev–Trinajstić information content (AvgIpc) is 2.95. The molecule has 1 fully saturated rings. The van der Waals surface area contributed by atoms with E-state index in [1.807, 2.05) is 49.9 Å². The summed E-state index contributed by atoms with van der Waals surface area (Å²) in [4.78, 5) is 27.8. The summed E-state index contributed by atoms with van der Waals surface area (Å²) in [7, 11) is 0. The van der Waals surface area contributed by atoms with Gasteiger partial charge in [0.15, 0.2) is 0 Å². The van der Waals surface area contributed by atoms with Gasteiger partial charge < -0.3 is 14.4 Å². The average molecular weight is 354 g/mol. The Morgan fingerprint density at radius 1 is 1.08 bits per heavy atom. The molecule has 1 saturated heterocycles. The van der Waals surface area contributed by atoms with Crippen LogP contribution in [0.5, 0.6) is 0 Å². The molecular formula is C21H28N3O2+. The first-order valence-corrected chi connectivity index (χ1v) is 9.28. The van der Waals surface area contributed by atoms with E-state index in [1.165, 1.54) is 4.90 Å². The van der Waals surface area contributed by atoms with Crippen LogP contribution < -0.4 is 4.90 Å². The number of nitrogens with one attached hydrogen (secondary N) is 1. The van der Waals surface area contributed by atoms with Crippen molar-refractivity contribution in [2.24, 2.45) is 0 Å². The number of benzene rings is 1. The second kappa shape index (κ2) is 7.46. The molecule has 0 saturated carbocycles. The number of hydrogen-bond donors (Lipinski definition) is 1. The zero-order valence-electron chi connectivity index (χ0n) is 16.1. The number of carbonyl (C=O) groups is 2. The van der Waals surface area contributed by atoms with Crippen molar-refractivity contribution in [2.75, 3.05) is 26.2 Å². The van der Waals surface area contributed by atoms with Crippen LogP contribution in [-0.2, 0) is 4.79 Å². The number of piperazine rings is 1. The van der Waals surface area contributed by atoms with E-state index in [0.717, 1.165) is 48.8 Å². The molecule has 0 aliphatic carbocycles. The highest BCUT2D eigenvalue weighted by Crippen LogP contribution is 2.21. The van der Waals surface area contributed by atoms with Gasteiger partial charge in [-0.05, 0) is 39.0 Å². The fourth-order valence-electron chi connectivity index (χ4n) is 3.95. The zero-order valence-corrected chi connectivity index (χ0v) is 16.1. The highest BCUT2D eigenvalue weighted by atomic mass is 16.2. The monoisotopic (exact) mass is 354 g/mol. The van der Waals surface area contributed by atoms with Crippen LogP contribution >= 0.6 is 0 Å². The van der Waals surface area contributed by atoms with E-state index in [9.17, 15) is 9.59 Å².